The van der Waals surface area contributed by atoms with E-state index >= 15 is 0 Å². The molecule has 0 spiro atoms. The van der Waals surface area contributed by atoms with Gasteiger partial charge in [-0.2, -0.15) is 5.10 Å². The van der Waals surface area contributed by atoms with Gasteiger partial charge < -0.3 is 9.64 Å². The first kappa shape index (κ1) is 20.3. The summed E-state index contributed by atoms with van der Waals surface area (Å²) in [6.07, 6.45) is 2.69. The highest BCUT2D eigenvalue weighted by molar-refractivity contribution is 7.22. The van der Waals surface area contributed by atoms with Crippen LogP contribution in [0.1, 0.15) is 36.8 Å². The van der Waals surface area contributed by atoms with E-state index in [2.05, 4.69) is 10.00 Å². The normalized spacial score (nSPS) is 11.5. The van der Waals surface area contributed by atoms with Crippen LogP contribution in [0.4, 0.5) is 5.13 Å². The van der Waals surface area contributed by atoms with Gasteiger partial charge in [0.1, 0.15) is 11.3 Å². The van der Waals surface area contributed by atoms with Crippen molar-refractivity contribution in [1.29, 1.82) is 0 Å². The SMILES string of the molecule is COc1cccc2sc(N(CCCN(C)C)C(=O)c3ccn(C(C)C)n3)nc12. The van der Waals surface area contributed by atoms with Crippen molar-refractivity contribution in [2.75, 3.05) is 39.2 Å². The van der Waals surface area contributed by atoms with E-state index in [1.807, 2.05) is 52.3 Å². The van der Waals surface area contributed by atoms with Gasteiger partial charge in [-0.25, -0.2) is 4.98 Å². The zero-order valence-electron chi connectivity index (χ0n) is 17.0. The van der Waals surface area contributed by atoms with Gasteiger partial charge in [0.2, 0.25) is 0 Å². The Kier molecular flexibility index (Phi) is 6.31. The number of carbonyl (C=O) groups is 1. The Hall–Kier alpha value is -2.45. The van der Waals surface area contributed by atoms with Crippen LogP contribution in [0.2, 0.25) is 0 Å². The topological polar surface area (TPSA) is 63.5 Å². The number of hydrogen-bond acceptors (Lipinski definition) is 6. The Balaban J connectivity index is 1.95. The molecule has 1 amide bonds. The zero-order chi connectivity index (χ0) is 20.3. The molecule has 0 bridgehead atoms. The van der Waals surface area contributed by atoms with Crippen molar-refractivity contribution < 1.29 is 9.53 Å². The molecule has 0 saturated carbocycles. The number of para-hydroxylation sites is 1. The van der Waals surface area contributed by atoms with Gasteiger partial charge in [0, 0.05) is 18.8 Å². The number of thiazole rings is 1. The minimum atomic E-state index is -0.129. The molecule has 28 heavy (non-hydrogen) atoms. The van der Waals surface area contributed by atoms with E-state index in [9.17, 15) is 4.79 Å². The second kappa shape index (κ2) is 8.70. The van der Waals surface area contributed by atoms with E-state index in [1.54, 1.807) is 22.8 Å². The molecular formula is C20H27N5O2S. The average molecular weight is 402 g/mol. The third kappa shape index (κ3) is 4.34. The second-order valence-electron chi connectivity index (χ2n) is 7.19. The number of aromatic nitrogens is 3. The first-order valence-electron chi connectivity index (χ1n) is 9.36. The number of methoxy groups -OCH3 is 1. The average Bonchev–Trinajstić information content (AvgIpc) is 3.31. The number of hydrogen-bond donors (Lipinski definition) is 0. The quantitative estimate of drug-likeness (QED) is 0.576. The van der Waals surface area contributed by atoms with Crippen molar-refractivity contribution in [3.63, 3.8) is 0 Å². The largest absolute Gasteiger partial charge is 0.494 e. The molecule has 2 heterocycles. The summed E-state index contributed by atoms with van der Waals surface area (Å²) in [5.41, 5.74) is 1.22. The van der Waals surface area contributed by atoms with Crippen LogP contribution in [0, 0.1) is 0 Å². The van der Waals surface area contributed by atoms with E-state index < -0.39 is 0 Å². The maximum Gasteiger partial charge on any atom is 0.280 e. The summed E-state index contributed by atoms with van der Waals surface area (Å²) in [5, 5.41) is 5.12. The highest BCUT2D eigenvalue weighted by atomic mass is 32.1. The summed E-state index contributed by atoms with van der Waals surface area (Å²) < 4.78 is 8.22. The standard InChI is InChI=1S/C20H27N5O2S/c1-14(2)25-13-10-15(22-25)19(26)24(12-7-11-23(3)4)20-21-18-16(27-5)8-6-9-17(18)28-20/h6,8-10,13-14H,7,11-12H2,1-5H3. The maximum atomic E-state index is 13.3. The highest BCUT2D eigenvalue weighted by Gasteiger charge is 2.24. The summed E-state index contributed by atoms with van der Waals surface area (Å²) in [4.78, 5) is 21.8. The smallest absolute Gasteiger partial charge is 0.280 e. The molecule has 0 atom stereocenters. The first-order valence-corrected chi connectivity index (χ1v) is 10.2. The van der Waals surface area contributed by atoms with Crippen molar-refractivity contribution in [3.8, 4) is 5.75 Å². The molecule has 0 aliphatic carbocycles. The van der Waals surface area contributed by atoms with Crippen molar-refractivity contribution in [3.05, 3.63) is 36.2 Å². The molecule has 1 aromatic carbocycles. The molecule has 0 saturated heterocycles. The van der Waals surface area contributed by atoms with Gasteiger partial charge in [0.15, 0.2) is 10.8 Å². The van der Waals surface area contributed by atoms with Gasteiger partial charge in [-0.1, -0.05) is 17.4 Å². The highest BCUT2D eigenvalue weighted by Crippen LogP contribution is 2.34. The minimum Gasteiger partial charge on any atom is -0.494 e. The molecule has 7 nitrogen and oxygen atoms in total. The van der Waals surface area contributed by atoms with Crippen LogP contribution in [0.5, 0.6) is 5.75 Å². The van der Waals surface area contributed by atoms with Crippen LogP contribution in [0.25, 0.3) is 10.2 Å². The lowest BCUT2D eigenvalue weighted by atomic mass is 10.3. The number of nitrogens with zero attached hydrogens (tertiary/aromatic N) is 5. The fourth-order valence-electron chi connectivity index (χ4n) is 2.90. The fourth-order valence-corrected chi connectivity index (χ4v) is 3.91. The predicted octanol–water partition coefficient (Wildman–Crippen LogP) is 3.68. The second-order valence-corrected chi connectivity index (χ2v) is 8.20. The molecule has 0 aliphatic rings. The van der Waals surface area contributed by atoms with Crippen LogP contribution >= 0.6 is 11.3 Å². The van der Waals surface area contributed by atoms with Crippen LogP contribution < -0.4 is 9.64 Å². The third-order valence-corrected chi connectivity index (χ3v) is 5.45. The Morgan fingerprint density at radius 1 is 1.25 bits per heavy atom. The number of fused-ring (bicyclic) bond motifs is 1. The van der Waals surface area contributed by atoms with Gasteiger partial charge in [0.25, 0.3) is 5.91 Å². The van der Waals surface area contributed by atoms with Crippen LogP contribution in [0.15, 0.2) is 30.5 Å². The number of rotatable bonds is 8. The maximum absolute atomic E-state index is 13.3. The van der Waals surface area contributed by atoms with Crippen molar-refractivity contribution in [2.45, 2.75) is 26.3 Å². The molecule has 0 unspecified atom stereocenters. The van der Waals surface area contributed by atoms with Crippen LogP contribution in [0.3, 0.4) is 0 Å². The molecule has 0 N–H and O–H groups in total. The zero-order valence-corrected chi connectivity index (χ0v) is 17.9. The number of benzene rings is 1. The first-order chi connectivity index (χ1) is 13.4. The predicted molar refractivity (Wildman–Crippen MR) is 114 cm³/mol. The fraction of sp³-hybridized carbons (Fsp3) is 0.450. The molecule has 0 radical (unpaired) electrons. The summed E-state index contributed by atoms with van der Waals surface area (Å²) in [7, 11) is 5.68. The Bertz CT molecular complexity index is 947. The number of ether oxygens (including phenoxy) is 1. The number of carbonyl (C=O) groups excluding carboxylic acids is 1. The number of anilines is 1. The lowest BCUT2D eigenvalue weighted by Crippen LogP contribution is -2.33. The van der Waals surface area contributed by atoms with E-state index in [4.69, 9.17) is 9.72 Å². The van der Waals surface area contributed by atoms with E-state index in [-0.39, 0.29) is 11.9 Å². The van der Waals surface area contributed by atoms with Crippen LogP contribution in [-0.2, 0) is 0 Å². The number of amides is 1. The van der Waals surface area contributed by atoms with Gasteiger partial charge >= 0.3 is 0 Å². The molecule has 3 aromatic rings. The summed E-state index contributed by atoms with van der Waals surface area (Å²) >= 11 is 1.50. The molecule has 150 valence electrons. The van der Waals surface area contributed by atoms with Gasteiger partial charge in [0.05, 0.1) is 11.8 Å². The molecule has 0 fully saturated rings. The third-order valence-electron chi connectivity index (χ3n) is 4.41. The van der Waals surface area contributed by atoms with Crippen molar-refractivity contribution in [2.24, 2.45) is 0 Å². The summed E-state index contributed by atoms with van der Waals surface area (Å²) in [6, 6.07) is 7.79. The molecule has 0 aliphatic heterocycles. The lowest BCUT2D eigenvalue weighted by Gasteiger charge is -2.20. The lowest BCUT2D eigenvalue weighted by molar-refractivity contribution is 0.0980. The molecule has 3 rings (SSSR count). The van der Waals surface area contributed by atoms with E-state index in [0.717, 1.165) is 23.2 Å². The van der Waals surface area contributed by atoms with E-state index in [1.165, 1.54) is 11.3 Å². The van der Waals surface area contributed by atoms with Crippen molar-refractivity contribution >= 4 is 32.6 Å². The monoisotopic (exact) mass is 401 g/mol. The molecule has 8 heteroatoms. The van der Waals surface area contributed by atoms with Crippen molar-refractivity contribution in [1.82, 2.24) is 19.7 Å². The molecular weight excluding hydrogens is 374 g/mol. The Morgan fingerprint density at radius 3 is 2.68 bits per heavy atom. The Labute approximate surface area is 169 Å². The summed E-state index contributed by atoms with van der Waals surface area (Å²) in [6.45, 7) is 5.54. The van der Waals surface area contributed by atoms with Gasteiger partial charge in [-0.3, -0.25) is 14.4 Å². The van der Waals surface area contributed by atoms with Gasteiger partial charge in [-0.05, 0) is 59.1 Å². The minimum absolute atomic E-state index is 0.129. The molecule has 2 aromatic heterocycles. The van der Waals surface area contributed by atoms with Crippen LogP contribution in [-0.4, -0.2) is 59.9 Å². The summed E-state index contributed by atoms with van der Waals surface area (Å²) in [5.74, 6) is 0.584. The van der Waals surface area contributed by atoms with E-state index in [0.29, 0.717) is 23.1 Å². The Morgan fingerprint density at radius 2 is 2.04 bits per heavy atom. The van der Waals surface area contributed by atoms with Gasteiger partial charge in [-0.15, -0.1) is 0 Å².